The number of rotatable bonds is 8. The van der Waals surface area contributed by atoms with Crippen LogP contribution in [0.1, 0.15) is 45.4 Å². The van der Waals surface area contributed by atoms with Gasteiger partial charge in [-0.1, -0.05) is 27.4 Å². The summed E-state index contributed by atoms with van der Waals surface area (Å²) in [7, 11) is 1.58. The fourth-order valence-corrected chi connectivity index (χ4v) is 2.86. The van der Waals surface area contributed by atoms with Crippen LogP contribution in [0, 0.1) is 0 Å². The van der Waals surface area contributed by atoms with Crippen molar-refractivity contribution in [2.75, 3.05) is 18.1 Å². The van der Waals surface area contributed by atoms with E-state index in [-0.39, 0.29) is 41.0 Å². The van der Waals surface area contributed by atoms with Crippen LogP contribution < -0.4 is 16.8 Å². The fourth-order valence-electron chi connectivity index (χ4n) is 2.86. The molecule has 31 heavy (non-hydrogen) atoms. The number of nitrogens with zero attached hydrogens (tertiary/aromatic N) is 4. The molecule has 2 rings (SSSR count). The second kappa shape index (κ2) is 10.3. The van der Waals surface area contributed by atoms with Gasteiger partial charge in [0.1, 0.15) is 23.6 Å². The Labute approximate surface area is 179 Å². The fraction of sp³-hybridized carbons (Fsp3) is 0.500. The molecule has 0 aliphatic rings. The molecule has 0 amide bonds. The monoisotopic (exact) mass is 441 g/mol. The predicted molar refractivity (Wildman–Crippen MR) is 115 cm³/mol. The van der Waals surface area contributed by atoms with Gasteiger partial charge in [-0.2, -0.15) is 18.3 Å². The molecule has 0 bridgehead atoms. The molecule has 1 atom stereocenters. The molecular formula is C20H30F3N7O. The zero-order valence-corrected chi connectivity index (χ0v) is 18.5. The topological polar surface area (TPSA) is 125 Å². The van der Waals surface area contributed by atoms with Gasteiger partial charge in [0.2, 0.25) is 0 Å². The molecule has 2 aromatic heterocycles. The molecular weight excluding hydrogens is 411 g/mol. The van der Waals surface area contributed by atoms with Gasteiger partial charge < -0.3 is 21.6 Å². The van der Waals surface area contributed by atoms with Crippen LogP contribution in [0.25, 0.3) is 11.5 Å². The van der Waals surface area contributed by atoms with Gasteiger partial charge in [-0.3, -0.25) is 4.68 Å². The first-order chi connectivity index (χ1) is 14.5. The second-order valence-corrected chi connectivity index (χ2v) is 6.71. The number of aldehydes is 1. The molecule has 0 aromatic carbocycles. The zero-order valence-electron chi connectivity index (χ0n) is 18.5. The van der Waals surface area contributed by atoms with Crippen LogP contribution in [0.4, 0.5) is 24.8 Å². The number of allylic oxidation sites excluding steroid dienone is 1. The minimum absolute atomic E-state index is 0.0107. The molecule has 172 valence electrons. The highest BCUT2D eigenvalue weighted by Gasteiger charge is 2.35. The summed E-state index contributed by atoms with van der Waals surface area (Å²) in [5.41, 5.74) is 11.8. The summed E-state index contributed by atoms with van der Waals surface area (Å²) in [5.74, 6) is 0.354. The second-order valence-electron chi connectivity index (χ2n) is 6.71. The highest BCUT2D eigenvalue weighted by Crippen LogP contribution is 2.36. The van der Waals surface area contributed by atoms with Gasteiger partial charge >= 0.3 is 6.18 Å². The summed E-state index contributed by atoms with van der Waals surface area (Å²) >= 11 is 0. The summed E-state index contributed by atoms with van der Waals surface area (Å²) < 4.78 is 39.0. The number of nitrogens with one attached hydrogen (secondary N) is 1. The maximum Gasteiger partial charge on any atom is 0.390 e. The first-order valence-electron chi connectivity index (χ1n) is 9.87. The minimum atomic E-state index is -4.29. The highest BCUT2D eigenvalue weighted by molar-refractivity contribution is 5.81. The van der Waals surface area contributed by atoms with Crippen LogP contribution in [0.2, 0.25) is 0 Å². The van der Waals surface area contributed by atoms with Crippen molar-refractivity contribution in [3.05, 3.63) is 29.6 Å². The quantitative estimate of drug-likeness (QED) is 0.536. The molecule has 11 heteroatoms. The first-order valence-corrected chi connectivity index (χ1v) is 9.87. The Hall–Kier alpha value is -3.11. The van der Waals surface area contributed by atoms with Crippen LogP contribution in [0.5, 0.6) is 0 Å². The summed E-state index contributed by atoms with van der Waals surface area (Å²) in [6.07, 6.45) is -4.20. The number of aromatic nitrogens is 4. The van der Waals surface area contributed by atoms with E-state index in [2.05, 4.69) is 27.0 Å². The van der Waals surface area contributed by atoms with Gasteiger partial charge in [-0.25, -0.2) is 9.97 Å². The number of halogens is 3. The molecule has 0 aliphatic carbocycles. The van der Waals surface area contributed by atoms with Gasteiger partial charge in [0.25, 0.3) is 0 Å². The standard InChI is InChI=1S/C18H24F3N7O.C2H6/c1-5-11-8-12(27-28(11)7-6-18(19,20)21)15-25-14(23)13(16(24-4)26-15)17(3,9-29)10(2)22;1-2/h8-9H,2,5-7,22H2,1,3-4H3,(H3,23,24,25,26);1-2H3. The van der Waals surface area contributed by atoms with Crippen LogP contribution in [0.3, 0.4) is 0 Å². The van der Waals surface area contributed by atoms with Crippen molar-refractivity contribution in [1.29, 1.82) is 0 Å². The molecule has 0 spiro atoms. The summed E-state index contributed by atoms with van der Waals surface area (Å²) in [5, 5.41) is 7.07. The number of alkyl halides is 3. The number of hydrogen-bond donors (Lipinski definition) is 3. The highest BCUT2D eigenvalue weighted by atomic mass is 19.4. The molecule has 0 radical (unpaired) electrons. The lowest BCUT2D eigenvalue weighted by molar-refractivity contribution is -0.137. The molecule has 0 saturated carbocycles. The number of hydrogen-bond acceptors (Lipinski definition) is 7. The Morgan fingerprint density at radius 2 is 1.94 bits per heavy atom. The normalized spacial score (nSPS) is 13.0. The van der Waals surface area contributed by atoms with E-state index in [9.17, 15) is 18.0 Å². The Morgan fingerprint density at radius 3 is 2.39 bits per heavy atom. The van der Waals surface area contributed by atoms with Crippen molar-refractivity contribution in [2.24, 2.45) is 5.73 Å². The minimum Gasteiger partial charge on any atom is -0.401 e. The molecule has 1 unspecified atom stereocenters. The average molecular weight is 442 g/mol. The van der Waals surface area contributed by atoms with Crippen molar-refractivity contribution in [3.63, 3.8) is 0 Å². The van der Waals surface area contributed by atoms with E-state index < -0.39 is 18.0 Å². The van der Waals surface area contributed by atoms with Crippen LogP contribution >= 0.6 is 0 Å². The van der Waals surface area contributed by atoms with E-state index in [1.54, 1.807) is 20.0 Å². The van der Waals surface area contributed by atoms with E-state index in [1.165, 1.54) is 4.68 Å². The lowest BCUT2D eigenvalue weighted by Gasteiger charge is -2.26. The van der Waals surface area contributed by atoms with Gasteiger partial charge in [0.05, 0.1) is 17.4 Å². The van der Waals surface area contributed by atoms with E-state index in [4.69, 9.17) is 11.5 Å². The molecule has 8 nitrogen and oxygen atoms in total. The Balaban J connectivity index is 0.00000233. The lowest BCUT2D eigenvalue weighted by atomic mass is 9.81. The van der Waals surface area contributed by atoms with Crippen LogP contribution in [0.15, 0.2) is 18.3 Å². The molecule has 0 saturated heterocycles. The smallest absolute Gasteiger partial charge is 0.390 e. The number of aryl methyl sites for hydroxylation is 2. The summed E-state index contributed by atoms with van der Waals surface area (Å²) in [6.45, 7) is 10.7. The summed E-state index contributed by atoms with van der Waals surface area (Å²) in [6, 6.07) is 1.62. The van der Waals surface area contributed by atoms with Crippen molar-refractivity contribution >= 4 is 17.9 Å². The van der Waals surface area contributed by atoms with Gasteiger partial charge in [-0.05, 0) is 19.4 Å². The van der Waals surface area contributed by atoms with Crippen molar-refractivity contribution in [3.8, 4) is 11.5 Å². The number of nitrogen functional groups attached to an aromatic ring is 1. The predicted octanol–water partition coefficient (Wildman–Crippen LogP) is 3.43. The molecule has 2 heterocycles. The van der Waals surface area contributed by atoms with Gasteiger partial charge in [0, 0.05) is 25.0 Å². The lowest BCUT2D eigenvalue weighted by Crippen LogP contribution is -2.33. The molecule has 0 fully saturated rings. The van der Waals surface area contributed by atoms with Crippen molar-refractivity contribution < 1.29 is 18.0 Å². The van der Waals surface area contributed by atoms with Gasteiger partial charge in [-0.15, -0.1) is 0 Å². The van der Waals surface area contributed by atoms with Crippen molar-refractivity contribution in [2.45, 2.75) is 58.7 Å². The number of anilines is 2. The largest absolute Gasteiger partial charge is 0.401 e. The Kier molecular flexibility index (Phi) is 8.59. The molecule has 2 aromatic rings. The Bertz CT molecular complexity index is 924. The number of nitrogens with two attached hydrogens (primary N) is 2. The zero-order chi connectivity index (χ0) is 24.0. The number of carbonyl (C=O) groups excluding carboxylic acids is 1. The van der Waals surface area contributed by atoms with Gasteiger partial charge in [0.15, 0.2) is 5.82 Å². The maximum absolute atomic E-state index is 12.6. The molecule has 5 N–H and O–H groups in total. The van der Waals surface area contributed by atoms with Crippen LogP contribution in [-0.2, 0) is 23.2 Å². The van der Waals surface area contributed by atoms with Crippen LogP contribution in [-0.4, -0.2) is 39.3 Å². The Morgan fingerprint density at radius 1 is 1.32 bits per heavy atom. The third-order valence-electron chi connectivity index (χ3n) is 4.66. The third-order valence-corrected chi connectivity index (χ3v) is 4.66. The van der Waals surface area contributed by atoms with E-state index in [1.807, 2.05) is 20.8 Å². The van der Waals surface area contributed by atoms with E-state index in [0.29, 0.717) is 18.4 Å². The maximum atomic E-state index is 12.6. The molecule has 0 aliphatic heterocycles. The van der Waals surface area contributed by atoms with E-state index >= 15 is 0 Å². The van der Waals surface area contributed by atoms with E-state index in [0.717, 1.165) is 0 Å². The average Bonchev–Trinajstić information content (AvgIpc) is 3.15. The first kappa shape index (κ1) is 25.9. The number of carbonyl (C=O) groups is 1. The van der Waals surface area contributed by atoms with Crippen molar-refractivity contribution in [1.82, 2.24) is 19.7 Å². The SMILES string of the molecule is C=C(N)C(C)(C=O)c1c(N)nc(-c2cc(CC)n(CCC(F)(F)F)n2)nc1NC.CC. The third kappa shape index (κ3) is 5.74. The summed E-state index contributed by atoms with van der Waals surface area (Å²) in [4.78, 5) is 20.3.